The third-order valence-electron chi connectivity index (χ3n) is 3.40. The van der Waals surface area contributed by atoms with Crippen molar-refractivity contribution in [1.82, 2.24) is 4.31 Å². The van der Waals surface area contributed by atoms with Crippen molar-refractivity contribution in [2.75, 3.05) is 0 Å². The van der Waals surface area contributed by atoms with E-state index < -0.39 is 23.0 Å². The van der Waals surface area contributed by atoms with Crippen LogP contribution in [0.3, 0.4) is 0 Å². The highest BCUT2D eigenvalue weighted by atomic mass is 32.2. The fraction of sp³-hybridized carbons (Fsp3) is 0.909. The molecule has 1 saturated heterocycles. The van der Waals surface area contributed by atoms with Gasteiger partial charge in [0, 0.05) is 0 Å². The number of carbonyl (C=O) groups is 1. The van der Waals surface area contributed by atoms with Crippen molar-refractivity contribution in [2.24, 2.45) is 5.92 Å². The average molecular weight is 245 g/mol. The van der Waals surface area contributed by atoms with E-state index in [9.17, 15) is 9.00 Å². The molecule has 92 valence electrons. The van der Waals surface area contributed by atoms with Crippen LogP contribution < -0.4 is 0 Å². The van der Waals surface area contributed by atoms with Gasteiger partial charge in [0.2, 0.25) is 0 Å². The van der Waals surface area contributed by atoms with Gasteiger partial charge in [-0.3, -0.25) is 4.79 Å². The summed E-state index contributed by atoms with van der Waals surface area (Å²) in [6.45, 7) is 5.66. The maximum absolute atomic E-state index is 12.2. The standard InChI is InChI=1S/C11H19NO3S/c1-11(2,3)16(15)12-8(7-5-4-6-7)9(12)10(13)14/h7-9H,4-6H2,1-3H3,(H,13,14)/t8-,9-,12?,16?/m1/s1. The molecule has 2 rings (SSSR count). The van der Waals surface area contributed by atoms with Crippen LogP contribution in [0.5, 0.6) is 0 Å². The monoisotopic (exact) mass is 245 g/mol. The minimum absolute atomic E-state index is 0.0197. The molecule has 4 nitrogen and oxygen atoms in total. The van der Waals surface area contributed by atoms with Crippen molar-refractivity contribution in [2.45, 2.75) is 56.9 Å². The van der Waals surface area contributed by atoms with Gasteiger partial charge in [-0.2, -0.15) is 0 Å². The second-order valence-electron chi connectivity index (χ2n) is 5.69. The van der Waals surface area contributed by atoms with Crippen molar-refractivity contribution < 1.29 is 14.1 Å². The number of aliphatic carboxylic acids is 1. The first-order valence-electron chi connectivity index (χ1n) is 5.77. The highest BCUT2D eigenvalue weighted by Crippen LogP contribution is 2.46. The van der Waals surface area contributed by atoms with Crippen molar-refractivity contribution in [3.63, 3.8) is 0 Å². The van der Waals surface area contributed by atoms with E-state index in [2.05, 4.69) is 0 Å². The fourth-order valence-corrected chi connectivity index (χ4v) is 3.77. The lowest BCUT2D eigenvalue weighted by Gasteiger charge is -2.26. The molecule has 0 aromatic carbocycles. The number of hydrogen-bond acceptors (Lipinski definition) is 2. The number of rotatable bonds is 3. The van der Waals surface area contributed by atoms with Gasteiger partial charge in [0.05, 0.1) is 10.8 Å². The van der Waals surface area contributed by atoms with Crippen LogP contribution in [-0.2, 0) is 15.8 Å². The molecule has 0 bridgehead atoms. The molecule has 1 heterocycles. The molecule has 0 aromatic rings. The molecule has 1 saturated carbocycles. The molecule has 0 radical (unpaired) electrons. The van der Waals surface area contributed by atoms with E-state index >= 15 is 0 Å². The van der Waals surface area contributed by atoms with Crippen LogP contribution in [0.4, 0.5) is 0 Å². The summed E-state index contributed by atoms with van der Waals surface area (Å²) in [5.74, 6) is -0.373. The molecular weight excluding hydrogens is 226 g/mol. The van der Waals surface area contributed by atoms with Gasteiger partial charge < -0.3 is 5.11 Å². The van der Waals surface area contributed by atoms with Gasteiger partial charge in [-0.05, 0) is 39.5 Å². The quantitative estimate of drug-likeness (QED) is 0.764. The van der Waals surface area contributed by atoms with E-state index in [-0.39, 0.29) is 10.8 Å². The third-order valence-corrected chi connectivity index (χ3v) is 5.30. The lowest BCUT2D eigenvalue weighted by atomic mass is 9.82. The summed E-state index contributed by atoms with van der Waals surface area (Å²) >= 11 is 0. The molecule has 16 heavy (non-hydrogen) atoms. The summed E-state index contributed by atoms with van der Waals surface area (Å²) < 4.78 is 13.5. The lowest BCUT2D eigenvalue weighted by Crippen LogP contribution is -2.31. The van der Waals surface area contributed by atoms with Crippen LogP contribution in [0, 0.1) is 5.92 Å². The summed E-state index contributed by atoms with van der Waals surface area (Å²) in [6, 6.07) is -0.489. The number of carboxylic acids is 1. The first-order chi connectivity index (χ1) is 7.34. The zero-order chi connectivity index (χ0) is 12.1. The summed E-state index contributed by atoms with van der Waals surface area (Å²) in [4.78, 5) is 11.1. The Labute approximate surface area is 98.6 Å². The normalized spacial score (nSPS) is 36.6. The van der Waals surface area contributed by atoms with Gasteiger partial charge in [0.15, 0.2) is 0 Å². The Hall–Kier alpha value is -0.420. The molecule has 0 spiro atoms. The predicted octanol–water partition coefficient (Wildman–Crippen LogP) is 1.39. The van der Waals surface area contributed by atoms with Crippen LogP contribution >= 0.6 is 0 Å². The highest BCUT2D eigenvalue weighted by molar-refractivity contribution is 7.84. The van der Waals surface area contributed by atoms with Crippen molar-refractivity contribution in [3.05, 3.63) is 0 Å². The van der Waals surface area contributed by atoms with E-state index in [1.807, 2.05) is 20.8 Å². The average Bonchev–Trinajstić information content (AvgIpc) is 2.73. The van der Waals surface area contributed by atoms with E-state index in [1.54, 1.807) is 4.31 Å². The van der Waals surface area contributed by atoms with Crippen LogP contribution in [0.25, 0.3) is 0 Å². The molecule has 2 fully saturated rings. The van der Waals surface area contributed by atoms with Gasteiger partial charge in [0.1, 0.15) is 17.0 Å². The second-order valence-corrected chi connectivity index (χ2v) is 7.83. The van der Waals surface area contributed by atoms with Crippen LogP contribution in [0.15, 0.2) is 0 Å². The van der Waals surface area contributed by atoms with Gasteiger partial charge in [-0.15, -0.1) is 0 Å². The lowest BCUT2D eigenvalue weighted by molar-refractivity contribution is -0.137. The van der Waals surface area contributed by atoms with Crippen LogP contribution in [0.1, 0.15) is 40.0 Å². The molecule has 4 atom stereocenters. The third kappa shape index (κ3) is 1.91. The van der Waals surface area contributed by atoms with Gasteiger partial charge in [-0.1, -0.05) is 6.42 Å². The number of hydrogen-bond donors (Lipinski definition) is 1. The molecule has 1 N–H and O–H groups in total. The number of carboxylic acid groups (broad SMARTS) is 1. The first kappa shape index (κ1) is 12.0. The van der Waals surface area contributed by atoms with Crippen molar-refractivity contribution >= 4 is 17.0 Å². The Morgan fingerprint density at radius 1 is 1.38 bits per heavy atom. The van der Waals surface area contributed by atoms with Crippen molar-refractivity contribution in [3.8, 4) is 0 Å². The van der Waals surface area contributed by atoms with Crippen molar-refractivity contribution in [1.29, 1.82) is 0 Å². The molecular formula is C11H19NO3S. The molecule has 0 amide bonds. The van der Waals surface area contributed by atoms with Gasteiger partial charge >= 0.3 is 5.97 Å². The van der Waals surface area contributed by atoms with Gasteiger partial charge in [-0.25, -0.2) is 8.51 Å². The smallest absolute Gasteiger partial charge is 0.323 e. The summed E-state index contributed by atoms with van der Waals surface area (Å²) in [7, 11) is -1.19. The minimum atomic E-state index is -1.19. The topological polar surface area (TPSA) is 57.4 Å². The summed E-state index contributed by atoms with van der Waals surface area (Å²) in [6.07, 6.45) is 3.36. The Kier molecular flexibility index (Phi) is 2.87. The van der Waals surface area contributed by atoms with E-state index in [0.717, 1.165) is 12.8 Å². The fourth-order valence-electron chi connectivity index (χ4n) is 2.26. The minimum Gasteiger partial charge on any atom is -0.480 e. The largest absolute Gasteiger partial charge is 0.480 e. The zero-order valence-corrected chi connectivity index (χ0v) is 10.8. The Morgan fingerprint density at radius 2 is 1.94 bits per heavy atom. The predicted molar refractivity (Wildman–Crippen MR) is 62.3 cm³/mol. The first-order valence-corrected chi connectivity index (χ1v) is 6.88. The van der Waals surface area contributed by atoms with E-state index in [1.165, 1.54) is 6.42 Å². The van der Waals surface area contributed by atoms with Crippen LogP contribution in [-0.4, -0.2) is 36.4 Å². The molecule has 1 aliphatic carbocycles. The Bertz CT molecular complexity index is 333. The summed E-state index contributed by atoms with van der Waals surface area (Å²) in [5.41, 5.74) is 0. The summed E-state index contributed by atoms with van der Waals surface area (Å²) in [5, 5.41) is 9.10. The van der Waals surface area contributed by atoms with Crippen LogP contribution in [0.2, 0.25) is 0 Å². The SMILES string of the molecule is CC(C)(C)S(=O)N1[C@H](C2CCC2)[C@@H]1C(=O)O. The molecule has 5 heteroatoms. The Morgan fingerprint density at radius 3 is 2.25 bits per heavy atom. The van der Waals surface area contributed by atoms with E-state index in [4.69, 9.17) is 5.11 Å². The molecule has 1 aliphatic heterocycles. The Balaban J connectivity index is 2.09. The maximum atomic E-state index is 12.2. The highest BCUT2D eigenvalue weighted by Gasteiger charge is 2.61. The molecule has 2 unspecified atom stereocenters. The second kappa shape index (κ2) is 3.81. The van der Waals surface area contributed by atoms with Gasteiger partial charge in [0.25, 0.3) is 0 Å². The molecule has 2 aliphatic rings. The number of nitrogens with zero attached hydrogens (tertiary/aromatic N) is 1. The zero-order valence-electron chi connectivity index (χ0n) is 9.97. The van der Waals surface area contributed by atoms with E-state index in [0.29, 0.717) is 5.92 Å². The maximum Gasteiger partial charge on any atom is 0.323 e. The molecule has 0 aromatic heterocycles.